The van der Waals surface area contributed by atoms with E-state index in [4.69, 9.17) is 40.0 Å². The Balaban J connectivity index is 0.000000189. The van der Waals surface area contributed by atoms with Crippen molar-refractivity contribution in [1.29, 1.82) is 0 Å². The molecule has 432 valence electrons. The average molecular weight is 1140 g/mol. The van der Waals surface area contributed by atoms with E-state index in [0.29, 0.717) is 79.9 Å². The maximum atomic E-state index is 12.6. The number of nitrogens with two attached hydrogens (primary N) is 1. The Kier molecular flexibility index (Phi) is 16.7. The molecule has 5 N–H and O–H groups in total. The highest BCUT2D eigenvalue weighted by atomic mass is 28.3. The van der Waals surface area contributed by atoms with Crippen LogP contribution in [-0.2, 0) is 14.2 Å². The molecule has 82 heavy (non-hydrogen) atoms. The number of anilines is 2. The molecule has 0 spiro atoms. The van der Waals surface area contributed by atoms with Crippen molar-refractivity contribution < 1.29 is 19.0 Å². The molecular formula is C61H81N15O4Si2. The number of aromatic nitrogens is 12. The lowest BCUT2D eigenvalue weighted by atomic mass is 9.78. The van der Waals surface area contributed by atoms with E-state index in [-0.39, 0.29) is 11.7 Å². The molecule has 19 nitrogen and oxygen atoms in total. The minimum Gasteiger partial charge on any atom is -0.494 e. The number of pyridine rings is 2. The van der Waals surface area contributed by atoms with Crippen molar-refractivity contribution in [2.75, 3.05) is 43.9 Å². The van der Waals surface area contributed by atoms with Crippen molar-refractivity contribution in [3.8, 4) is 45.3 Å². The van der Waals surface area contributed by atoms with Crippen molar-refractivity contribution in [3.05, 3.63) is 103 Å². The van der Waals surface area contributed by atoms with Gasteiger partial charge in [0, 0.05) is 113 Å². The third kappa shape index (κ3) is 12.5. The topological polar surface area (TPSA) is 230 Å². The summed E-state index contributed by atoms with van der Waals surface area (Å²) < 4.78 is 22.7. The summed E-state index contributed by atoms with van der Waals surface area (Å²) in [4.78, 5) is 49.4. The normalized spacial score (nSPS) is 20.5. The molecular weight excluding hydrogens is 1060 g/mol. The SMILES string of the molecule is C=C(OCC)c1c(C2C[C@H]3CC[C@@H](C2)C3)nc2c(-c3ccc(-c4ncc[nH]4)nc3)cnn2c1N(COCC[Si](C)(C)C)COCC[Si](C)(C)C.CC(=O)c1c(C2C[C@H]3CC[C@@H](C2)N3)nc2c(-c3ccc(-c4ncc[nH]4)nc3)cnn2c1N. The highest BCUT2D eigenvalue weighted by Crippen LogP contribution is 2.50. The molecule has 2 unspecified atom stereocenters. The molecule has 0 radical (unpaired) electrons. The highest BCUT2D eigenvalue weighted by molar-refractivity contribution is 6.76. The number of piperidine rings is 1. The Morgan fingerprint density at radius 2 is 1.20 bits per heavy atom. The van der Waals surface area contributed by atoms with Crippen LogP contribution in [0.25, 0.3) is 62.3 Å². The number of aromatic amines is 2. The summed E-state index contributed by atoms with van der Waals surface area (Å²) in [5.41, 5.74) is 16.4. The summed E-state index contributed by atoms with van der Waals surface area (Å²) in [7, 11) is -2.56. The Labute approximate surface area is 482 Å². The first-order valence-electron chi connectivity index (χ1n) is 29.5. The second kappa shape index (κ2) is 24.1. The van der Waals surface area contributed by atoms with Crippen molar-refractivity contribution in [3.63, 3.8) is 0 Å². The van der Waals surface area contributed by atoms with Gasteiger partial charge in [-0.1, -0.05) is 70.8 Å². The summed E-state index contributed by atoms with van der Waals surface area (Å²) in [5, 5.41) is 13.1. The summed E-state index contributed by atoms with van der Waals surface area (Å²) in [6.07, 6.45) is 24.9. The maximum Gasteiger partial charge on any atom is 0.165 e. The van der Waals surface area contributed by atoms with Crippen LogP contribution in [0.4, 0.5) is 11.6 Å². The van der Waals surface area contributed by atoms with Crippen LogP contribution in [-0.4, -0.2) is 126 Å². The number of nitrogens with one attached hydrogen (secondary N) is 3. The largest absolute Gasteiger partial charge is 0.494 e. The number of imidazole rings is 2. The number of nitrogens with zero attached hydrogens (tertiary/aromatic N) is 11. The Hall–Kier alpha value is -6.92. The van der Waals surface area contributed by atoms with Crippen LogP contribution in [0.1, 0.15) is 111 Å². The Morgan fingerprint density at radius 1 is 0.683 bits per heavy atom. The number of H-pyrrole nitrogens is 2. The Morgan fingerprint density at radius 3 is 1.67 bits per heavy atom. The number of ether oxygens (including phenoxy) is 3. The van der Waals surface area contributed by atoms with Gasteiger partial charge >= 0.3 is 0 Å². The molecule has 0 aromatic carbocycles. The number of carbonyl (C=O) groups is 1. The summed E-state index contributed by atoms with van der Waals surface area (Å²) in [5.74, 6) is 5.23. The van der Waals surface area contributed by atoms with E-state index in [1.807, 2.05) is 48.2 Å². The predicted octanol–water partition coefficient (Wildman–Crippen LogP) is 11.9. The summed E-state index contributed by atoms with van der Waals surface area (Å²) in [6.45, 7) is 25.0. The third-order valence-corrected chi connectivity index (χ3v) is 20.3. The number of carbonyl (C=O) groups excluding carboxylic acids is 1. The molecule has 0 amide bonds. The quantitative estimate of drug-likeness (QED) is 0.0172. The molecule has 6 atom stereocenters. The van der Waals surface area contributed by atoms with Gasteiger partial charge in [0.1, 0.15) is 42.2 Å². The average Bonchev–Trinajstić information content (AvgIpc) is 4.03. The standard InChI is InChI=1S/C38H57N7O3Si2.C23H24N8O/c1-9-48-27(2)34-35(31-21-28-10-11-29(20-28)22-31)43-37-32(30-12-13-33(41-23-30)36-39-14-15-40-36)24-42-45(37)38(34)44(25-46-16-18-49(3,4)5)26-47-17-19-50(6,7)8;1-12(32)19-20(14-8-15-3-4-16(9-14)29-15)30-23-17(11-28-31(23)21(19)24)13-2-5-18(27-10-13)22-25-6-7-26-22/h12-15,23-24,28-29,31H,2,9-11,16-22,25-26H2,1,3-8H3,(H,39,40);2,5-7,10-11,14-16,29H,3-4,8-9,24H2,1H3,(H,25,26)/t28-,29+,31?;14?,15-,16+. The highest BCUT2D eigenvalue weighted by Gasteiger charge is 2.40. The molecule has 2 saturated carbocycles. The van der Waals surface area contributed by atoms with Gasteiger partial charge in [-0.2, -0.15) is 19.2 Å². The number of hydrogen-bond acceptors (Lipinski definition) is 15. The lowest BCUT2D eigenvalue weighted by Gasteiger charge is -2.33. The predicted molar refractivity (Wildman–Crippen MR) is 328 cm³/mol. The molecule has 8 aromatic rings. The van der Waals surface area contributed by atoms with Crippen LogP contribution in [0.3, 0.4) is 0 Å². The molecule has 2 aliphatic heterocycles. The van der Waals surface area contributed by atoms with Crippen molar-refractivity contribution in [1.82, 2.24) is 64.4 Å². The molecule has 12 rings (SSSR count). The van der Waals surface area contributed by atoms with Crippen LogP contribution in [0, 0.1) is 11.8 Å². The zero-order valence-corrected chi connectivity index (χ0v) is 51.0. The maximum absolute atomic E-state index is 12.6. The first-order valence-corrected chi connectivity index (χ1v) is 36.9. The minimum absolute atomic E-state index is 0.0701. The van der Waals surface area contributed by atoms with Gasteiger partial charge in [0.25, 0.3) is 0 Å². The van der Waals surface area contributed by atoms with Gasteiger partial charge in [-0.25, -0.2) is 19.9 Å². The number of hydrogen-bond donors (Lipinski definition) is 4. The van der Waals surface area contributed by atoms with Gasteiger partial charge in [0.2, 0.25) is 0 Å². The van der Waals surface area contributed by atoms with Crippen LogP contribution in [0.15, 0.2) is 80.4 Å². The van der Waals surface area contributed by atoms with Crippen LogP contribution in [0.5, 0.6) is 0 Å². The van der Waals surface area contributed by atoms with Crippen LogP contribution in [0.2, 0.25) is 51.4 Å². The van der Waals surface area contributed by atoms with E-state index in [1.165, 1.54) is 32.1 Å². The number of rotatable bonds is 21. The zero-order chi connectivity index (χ0) is 57.3. The smallest absolute Gasteiger partial charge is 0.165 e. The molecule has 4 fully saturated rings. The van der Waals surface area contributed by atoms with Gasteiger partial charge in [-0.15, -0.1) is 0 Å². The van der Waals surface area contributed by atoms with E-state index in [9.17, 15) is 4.79 Å². The van der Waals surface area contributed by atoms with Crippen LogP contribution < -0.4 is 16.0 Å². The van der Waals surface area contributed by atoms with Gasteiger partial charge in [-0.05, 0) is 94.8 Å². The summed E-state index contributed by atoms with van der Waals surface area (Å²) in [6, 6.07) is 11.1. The summed E-state index contributed by atoms with van der Waals surface area (Å²) >= 11 is 0. The molecule has 10 heterocycles. The molecule has 2 saturated heterocycles. The van der Waals surface area contributed by atoms with E-state index in [2.05, 4.69) is 92.2 Å². The van der Waals surface area contributed by atoms with Gasteiger partial charge in [0.15, 0.2) is 28.7 Å². The van der Waals surface area contributed by atoms with E-state index in [1.54, 1.807) is 42.4 Å². The molecule has 4 bridgehead atoms. The second-order valence-corrected chi connectivity index (χ2v) is 36.7. The first-order chi connectivity index (χ1) is 39.5. The molecule has 21 heteroatoms. The lowest BCUT2D eigenvalue weighted by Crippen LogP contribution is -2.38. The van der Waals surface area contributed by atoms with E-state index >= 15 is 0 Å². The van der Waals surface area contributed by atoms with Crippen molar-refractivity contribution in [2.24, 2.45) is 11.8 Å². The van der Waals surface area contributed by atoms with Gasteiger partial charge < -0.3 is 40.1 Å². The van der Waals surface area contributed by atoms with E-state index in [0.717, 1.165) is 117 Å². The fourth-order valence-electron chi connectivity index (χ4n) is 12.7. The second-order valence-electron chi connectivity index (χ2n) is 25.4. The molecule has 4 aliphatic rings. The fraction of sp³-hybridized carbons (Fsp3) is 0.492. The number of nitrogen functional groups attached to an aromatic ring is 1. The van der Waals surface area contributed by atoms with Gasteiger partial charge in [0.05, 0.1) is 41.5 Å². The Bertz CT molecular complexity index is 3450. The fourth-order valence-corrected chi connectivity index (χ4v) is 14.2. The number of fused-ring (bicyclic) bond motifs is 6. The zero-order valence-electron chi connectivity index (χ0n) is 49.0. The number of Topliss-reactive ketones (excluding diaryl/α,β-unsaturated/α-hetero) is 1. The van der Waals surface area contributed by atoms with Crippen LogP contribution >= 0.6 is 0 Å². The van der Waals surface area contributed by atoms with E-state index < -0.39 is 16.1 Å². The lowest BCUT2D eigenvalue weighted by molar-refractivity contribution is 0.0940. The number of ketones is 1. The molecule has 8 aromatic heterocycles. The molecule has 2 aliphatic carbocycles. The van der Waals surface area contributed by atoms with Gasteiger partial charge in [-0.3, -0.25) is 14.8 Å². The third-order valence-electron chi connectivity index (χ3n) is 16.9. The minimum atomic E-state index is -1.28. The van der Waals surface area contributed by atoms with Crippen molar-refractivity contribution in [2.45, 2.75) is 147 Å². The van der Waals surface area contributed by atoms with Crippen molar-refractivity contribution >= 4 is 50.6 Å². The monoisotopic (exact) mass is 1140 g/mol. The first kappa shape index (κ1) is 56.9.